The summed E-state index contributed by atoms with van der Waals surface area (Å²) in [6.07, 6.45) is 5.15. The Labute approximate surface area is 112 Å². The van der Waals surface area contributed by atoms with Crippen molar-refractivity contribution in [1.29, 1.82) is 0 Å². The van der Waals surface area contributed by atoms with Crippen molar-refractivity contribution in [2.45, 2.75) is 44.8 Å². The molecule has 1 atom stereocenters. The molecule has 1 N–H and O–H groups in total. The van der Waals surface area contributed by atoms with Crippen molar-refractivity contribution in [3.8, 4) is 0 Å². The molecule has 1 saturated carbocycles. The molecule has 0 saturated heterocycles. The van der Waals surface area contributed by atoms with Crippen molar-refractivity contribution >= 4 is 23.2 Å². The zero-order valence-electron chi connectivity index (χ0n) is 9.88. The number of nitrogens with one attached hydrogen (secondary N) is 1. The van der Waals surface area contributed by atoms with E-state index in [4.69, 9.17) is 28.0 Å². The summed E-state index contributed by atoms with van der Waals surface area (Å²) in [5, 5.41) is 1.41. The van der Waals surface area contributed by atoms with Crippen molar-refractivity contribution in [2.24, 2.45) is 0 Å². The van der Waals surface area contributed by atoms with Gasteiger partial charge in [0.25, 0.3) is 0 Å². The summed E-state index contributed by atoms with van der Waals surface area (Å²) in [5.74, 6) is 0. The Morgan fingerprint density at radius 3 is 2.71 bits per heavy atom. The van der Waals surface area contributed by atoms with Gasteiger partial charge in [-0.2, -0.15) is 5.48 Å². The molecule has 1 aromatic rings. The zero-order valence-corrected chi connectivity index (χ0v) is 11.4. The van der Waals surface area contributed by atoms with E-state index in [9.17, 15) is 0 Å². The lowest BCUT2D eigenvalue weighted by Crippen LogP contribution is -2.24. The summed E-state index contributed by atoms with van der Waals surface area (Å²) in [6.45, 7) is 2.02. The minimum Gasteiger partial charge on any atom is -0.298 e. The highest BCUT2D eigenvalue weighted by atomic mass is 35.5. The molecule has 4 heteroatoms. The standard InChI is InChI=1S/C13H17Cl2NO/c1-9(16-17-11-4-2-3-5-11)12-8-10(14)6-7-13(12)15/h6-9,11,16H,2-5H2,1H3. The van der Waals surface area contributed by atoms with Crippen LogP contribution in [0.1, 0.15) is 44.2 Å². The summed E-state index contributed by atoms with van der Waals surface area (Å²) in [6, 6.07) is 5.52. The van der Waals surface area contributed by atoms with Gasteiger partial charge in [0.15, 0.2) is 0 Å². The van der Waals surface area contributed by atoms with E-state index in [2.05, 4.69) is 5.48 Å². The highest BCUT2D eigenvalue weighted by Gasteiger charge is 2.17. The van der Waals surface area contributed by atoms with Gasteiger partial charge in [-0.3, -0.25) is 4.84 Å². The predicted octanol–water partition coefficient (Wildman–Crippen LogP) is 4.52. The molecular weight excluding hydrogens is 257 g/mol. The topological polar surface area (TPSA) is 21.3 Å². The maximum atomic E-state index is 6.13. The van der Waals surface area contributed by atoms with Crippen LogP contribution in [0.4, 0.5) is 0 Å². The van der Waals surface area contributed by atoms with Gasteiger partial charge in [-0.05, 0) is 43.5 Å². The molecule has 94 valence electrons. The van der Waals surface area contributed by atoms with E-state index >= 15 is 0 Å². The van der Waals surface area contributed by atoms with Crippen LogP contribution < -0.4 is 5.48 Å². The summed E-state index contributed by atoms with van der Waals surface area (Å²) in [4.78, 5) is 5.66. The molecule has 1 fully saturated rings. The number of hydroxylamine groups is 1. The van der Waals surface area contributed by atoms with Crippen LogP contribution in [0.3, 0.4) is 0 Å². The van der Waals surface area contributed by atoms with Crippen LogP contribution in [0.25, 0.3) is 0 Å². The fraction of sp³-hybridized carbons (Fsp3) is 0.538. The van der Waals surface area contributed by atoms with E-state index in [-0.39, 0.29) is 6.04 Å². The highest BCUT2D eigenvalue weighted by molar-refractivity contribution is 6.33. The Hall–Kier alpha value is -0.280. The first-order valence-electron chi connectivity index (χ1n) is 6.03. The van der Waals surface area contributed by atoms with E-state index in [0.29, 0.717) is 16.1 Å². The molecule has 1 unspecified atom stereocenters. The minimum atomic E-state index is 0.0433. The number of halogens is 2. The molecule has 0 spiro atoms. The Morgan fingerprint density at radius 1 is 1.29 bits per heavy atom. The second-order valence-corrected chi connectivity index (χ2v) is 5.37. The van der Waals surface area contributed by atoms with Crippen molar-refractivity contribution in [2.75, 3.05) is 0 Å². The van der Waals surface area contributed by atoms with E-state index in [1.165, 1.54) is 12.8 Å². The summed E-state index contributed by atoms with van der Waals surface area (Å²) in [5.41, 5.74) is 4.04. The molecule has 0 aromatic heterocycles. The number of hydrogen-bond acceptors (Lipinski definition) is 2. The first-order valence-corrected chi connectivity index (χ1v) is 6.78. The summed E-state index contributed by atoms with van der Waals surface area (Å²) in [7, 11) is 0. The van der Waals surface area contributed by atoms with Gasteiger partial charge in [0.2, 0.25) is 0 Å². The van der Waals surface area contributed by atoms with Gasteiger partial charge in [0.1, 0.15) is 0 Å². The minimum absolute atomic E-state index is 0.0433. The fourth-order valence-corrected chi connectivity index (χ4v) is 2.58. The largest absolute Gasteiger partial charge is 0.298 e. The Morgan fingerprint density at radius 2 is 2.00 bits per heavy atom. The van der Waals surface area contributed by atoms with Crippen LogP contribution in [0.15, 0.2) is 18.2 Å². The average molecular weight is 274 g/mol. The van der Waals surface area contributed by atoms with Crippen molar-refractivity contribution in [3.63, 3.8) is 0 Å². The summed E-state index contributed by atoms with van der Waals surface area (Å²) >= 11 is 12.1. The molecule has 0 aliphatic heterocycles. The van der Waals surface area contributed by atoms with Gasteiger partial charge >= 0.3 is 0 Å². The smallest absolute Gasteiger partial charge is 0.0790 e. The lowest BCUT2D eigenvalue weighted by atomic mass is 10.1. The van der Waals surface area contributed by atoms with Gasteiger partial charge < -0.3 is 0 Å². The van der Waals surface area contributed by atoms with Gasteiger partial charge in [-0.1, -0.05) is 36.0 Å². The molecule has 1 aliphatic carbocycles. The summed E-state index contributed by atoms with van der Waals surface area (Å²) < 4.78 is 0. The van der Waals surface area contributed by atoms with Crippen LogP contribution >= 0.6 is 23.2 Å². The highest BCUT2D eigenvalue weighted by Crippen LogP contribution is 2.27. The second-order valence-electron chi connectivity index (χ2n) is 4.53. The third-order valence-corrected chi connectivity index (χ3v) is 3.72. The molecule has 0 heterocycles. The number of hydrogen-bond donors (Lipinski definition) is 1. The Kier molecular flexibility index (Phi) is 4.69. The molecule has 2 rings (SSSR count). The van der Waals surface area contributed by atoms with Crippen molar-refractivity contribution in [1.82, 2.24) is 5.48 Å². The van der Waals surface area contributed by atoms with E-state index in [1.54, 1.807) is 6.07 Å². The van der Waals surface area contributed by atoms with Crippen LogP contribution in [0, 0.1) is 0 Å². The molecule has 0 amide bonds. The third-order valence-electron chi connectivity index (χ3n) is 3.14. The molecule has 2 nitrogen and oxygen atoms in total. The van der Waals surface area contributed by atoms with Crippen LogP contribution in [-0.2, 0) is 4.84 Å². The normalized spacial score (nSPS) is 18.5. The SMILES string of the molecule is CC(NOC1CCCC1)c1cc(Cl)ccc1Cl. The van der Waals surface area contributed by atoms with Crippen LogP contribution in [0.2, 0.25) is 10.0 Å². The van der Waals surface area contributed by atoms with Crippen molar-refractivity contribution < 1.29 is 4.84 Å². The molecule has 17 heavy (non-hydrogen) atoms. The van der Waals surface area contributed by atoms with E-state index < -0.39 is 0 Å². The monoisotopic (exact) mass is 273 g/mol. The van der Waals surface area contributed by atoms with Crippen LogP contribution in [-0.4, -0.2) is 6.10 Å². The van der Waals surface area contributed by atoms with Crippen molar-refractivity contribution in [3.05, 3.63) is 33.8 Å². The lowest BCUT2D eigenvalue weighted by molar-refractivity contribution is -0.0376. The number of rotatable bonds is 4. The third kappa shape index (κ3) is 3.59. The molecule has 1 aromatic carbocycles. The molecule has 0 bridgehead atoms. The number of benzene rings is 1. The van der Waals surface area contributed by atoms with Crippen LogP contribution in [0.5, 0.6) is 0 Å². The molecule has 1 aliphatic rings. The van der Waals surface area contributed by atoms with Gasteiger partial charge in [0.05, 0.1) is 12.1 Å². The quantitative estimate of drug-likeness (QED) is 0.815. The maximum Gasteiger partial charge on any atom is 0.0790 e. The van der Waals surface area contributed by atoms with Gasteiger partial charge in [-0.15, -0.1) is 0 Å². The van der Waals surface area contributed by atoms with E-state index in [1.807, 2.05) is 19.1 Å². The Balaban J connectivity index is 1.93. The molecular formula is C13H17Cl2NO. The van der Waals surface area contributed by atoms with Gasteiger partial charge in [0, 0.05) is 10.0 Å². The maximum absolute atomic E-state index is 6.13. The zero-order chi connectivity index (χ0) is 12.3. The Bertz CT molecular complexity index is 378. The molecule has 0 radical (unpaired) electrons. The average Bonchev–Trinajstić information content (AvgIpc) is 2.82. The van der Waals surface area contributed by atoms with E-state index in [0.717, 1.165) is 18.4 Å². The first-order chi connectivity index (χ1) is 8.16. The first kappa shape index (κ1) is 13.2. The lowest BCUT2D eigenvalue weighted by Gasteiger charge is -2.18. The predicted molar refractivity (Wildman–Crippen MR) is 71.4 cm³/mol. The van der Waals surface area contributed by atoms with Gasteiger partial charge in [-0.25, -0.2) is 0 Å². The second kappa shape index (κ2) is 6.05. The fourth-order valence-electron chi connectivity index (χ4n) is 2.11.